The van der Waals surface area contributed by atoms with E-state index in [9.17, 15) is 0 Å². The molecule has 2 nitrogen and oxygen atoms in total. The van der Waals surface area contributed by atoms with Crippen molar-refractivity contribution >= 4 is 17.3 Å². The summed E-state index contributed by atoms with van der Waals surface area (Å²) < 4.78 is 0. The van der Waals surface area contributed by atoms with Gasteiger partial charge in [-0.2, -0.15) is 5.26 Å². The first-order valence-electron chi connectivity index (χ1n) is 5.88. The summed E-state index contributed by atoms with van der Waals surface area (Å²) in [6, 6.07) is 8.07. The second kappa shape index (κ2) is 5.93. The molecule has 0 aliphatic carbocycles. The van der Waals surface area contributed by atoms with Crippen molar-refractivity contribution in [1.82, 2.24) is 0 Å². The maximum Gasteiger partial charge on any atom is 0.101 e. The first-order valence-corrected chi connectivity index (χ1v) is 6.26. The van der Waals surface area contributed by atoms with E-state index in [0.29, 0.717) is 22.5 Å². The molecule has 0 bridgehead atoms. The highest BCUT2D eigenvalue weighted by molar-refractivity contribution is 6.30. The molecule has 0 amide bonds. The van der Waals surface area contributed by atoms with Crippen molar-refractivity contribution in [2.45, 2.75) is 33.2 Å². The molecule has 0 aromatic heterocycles. The van der Waals surface area contributed by atoms with Gasteiger partial charge in [0.2, 0.25) is 0 Å². The number of hydrogen-bond acceptors (Lipinski definition) is 2. The maximum atomic E-state index is 9.12. The molecule has 17 heavy (non-hydrogen) atoms. The minimum atomic E-state index is 0.406. The number of halogens is 1. The summed E-state index contributed by atoms with van der Waals surface area (Å²) in [5.41, 5.74) is 1.58. The van der Waals surface area contributed by atoms with Gasteiger partial charge in [-0.05, 0) is 37.5 Å². The number of hydrogen-bond donors (Lipinski definition) is 0. The number of nitriles is 1. The van der Waals surface area contributed by atoms with Gasteiger partial charge in [-0.25, -0.2) is 0 Å². The fourth-order valence-corrected chi connectivity index (χ4v) is 2.16. The molecule has 0 aliphatic rings. The lowest BCUT2D eigenvalue weighted by atomic mass is 10.0. The van der Waals surface area contributed by atoms with E-state index < -0.39 is 0 Å². The van der Waals surface area contributed by atoms with Crippen LogP contribution in [0.2, 0.25) is 5.02 Å². The van der Waals surface area contributed by atoms with Crippen molar-refractivity contribution in [1.29, 1.82) is 5.26 Å². The zero-order chi connectivity index (χ0) is 13.0. The number of anilines is 1. The molecule has 1 unspecified atom stereocenters. The zero-order valence-corrected chi connectivity index (χ0v) is 11.6. The molecule has 1 rings (SSSR count). The molecule has 1 aromatic carbocycles. The Morgan fingerprint density at radius 3 is 2.53 bits per heavy atom. The van der Waals surface area contributed by atoms with Crippen molar-refractivity contribution in [3.63, 3.8) is 0 Å². The van der Waals surface area contributed by atoms with Gasteiger partial charge in [0.25, 0.3) is 0 Å². The third kappa shape index (κ3) is 3.64. The molecule has 0 heterocycles. The van der Waals surface area contributed by atoms with Gasteiger partial charge in [0, 0.05) is 18.1 Å². The van der Waals surface area contributed by atoms with Crippen LogP contribution in [0.5, 0.6) is 0 Å². The molecule has 0 spiro atoms. The Bertz CT molecular complexity index is 421. The first-order chi connectivity index (χ1) is 7.95. The van der Waals surface area contributed by atoms with E-state index in [2.05, 4.69) is 31.7 Å². The fourth-order valence-electron chi connectivity index (χ4n) is 1.98. The summed E-state index contributed by atoms with van der Waals surface area (Å²) in [4.78, 5) is 2.15. The van der Waals surface area contributed by atoms with Gasteiger partial charge < -0.3 is 4.90 Å². The van der Waals surface area contributed by atoms with Gasteiger partial charge >= 0.3 is 0 Å². The lowest BCUT2D eigenvalue weighted by Crippen LogP contribution is -2.30. The average molecular weight is 251 g/mol. The molecular weight excluding hydrogens is 232 g/mol. The zero-order valence-electron chi connectivity index (χ0n) is 10.9. The molecule has 1 atom stereocenters. The highest BCUT2D eigenvalue weighted by atomic mass is 35.5. The standard InChI is InChI=1S/C14H19ClN2/c1-10(2)7-11(3)17(4)14-6-5-13(15)8-12(14)9-16/h5-6,8,10-11H,7H2,1-4H3. The predicted octanol–water partition coefficient (Wildman–Crippen LogP) is 4.08. The van der Waals surface area contributed by atoms with Crippen LogP contribution >= 0.6 is 11.6 Å². The largest absolute Gasteiger partial charge is 0.371 e. The Hall–Kier alpha value is -1.20. The predicted molar refractivity (Wildman–Crippen MR) is 73.5 cm³/mol. The molecule has 0 aliphatic heterocycles. The maximum absolute atomic E-state index is 9.12. The molecule has 1 aromatic rings. The first kappa shape index (κ1) is 13.9. The van der Waals surface area contributed by atoms with Crippen LogP contribution in [-0.2, 0) is 0 Å². The van der Waals surface area contributed by atoms with Crippen LogP contribution in [0.1, 0.15) is 32.8 Å². The third-order valence-corrected chi connectivity index (χ3v) is 3.17. The van der Waals surface area contributed by atoms with Crippen molar-refractivity contribution in [3.8, 4) is 6.07 Å². The molecule has 92 valence electrons. The van der Waals surface area contributed by atoms with Crippen LogP contribution in [0.4, 0.5) is 5.69 Å². The van der Waals surface area contributed by atoms with E-state index in [1.807, 2.05) is 19.2 Å². The molecule has 0 N–H and O–H groups in total. The lowest BCUT2D eigenvalue weighted by molar-refractivity contribution is 0.504. The quantitative estimate of drug-likeness (QED) is 0.805. The van der Waals surface area contributed by atoms with E-state index in [4.69, 9.17) is 16.9 Å². The van der Waals surface area contributed by atoms with E-state index in [0.717, 1.165) is 12.1 Å². The molecular formula is C14H19ClN2. The van der Waals surface area contributed by atoms with Crippen LogP contribution in [0.15, 0.2) is 18.2 Å². The van der Waals surface area contributed by atoms with Crippen LogP contribution in [0.25, 0.3) is 0 Å². The smallest absolute Gasteiger partial charge is 0.101 e. The van der Waals surface area contributed by atoms with Gasteiger partial charge in [-0.3, -0.25) is 0 Å². The Kier molecular flexibility index (Phi) is 4.84. The Labute approximate surface area is 109 Å². The average Bonchev–Trinajstić information content (AvgIpc) is 2.27. The molecule has 0 saturated heterocycles. The van der Waals surface area contributed by atoms with Gasteiger partial charge in [0.1, 0.15) is 6.07 Å². The Balaban J connectivity index is 2.96. The van der Waals surface area contributed by atoms with E-state index in [1.54, 1.807) is 6.07 Å². The van der Waals surface area contributed by atoms with E-state index >= 15 is 0 Å². The summed E-state index contributed by atoms with van der Waals surface area (Å²) in [5.74, 6) is 0.644. The van der Waals surface area contributed by atoms with Crippen LogP contribution in [-0.4, -0.2) is 13.1 Å². The summed E-state index contributed by atoms with van der Waals surface area (Å²) in [6.45, 7) is 6.59. The summed E-state index contributed by atoms with van der Waals surface area (Å²) in [5, 5.41) is 9.73. The number of nitrogens with zero attached hydrogens (tertiary/aromatic N) is 2. The Morgan fingerprint density at radius 2 is 2.00 bits per heavy atom. The normalized spacial score (nSPS) is 12.3. The van der Waals surface area contributed by atoms with Crippen molar-refractivity contribution in [2.24, 2.45) is 5.92 Å². The SMILES string of the molecule is CC(C)CC(C)N(C)c1ccc(Cl)cc1C#N. The molecule has 0 saturated carbocycles. The second-order valence-corrected chi connectivity index (χ2v) is 5.30. The molecule has 3 heteroatoms. The topological polar surface area (TPSA) is 27.0 Å². The van der Waals surface area contributed by atoms with Gasteiger partial charge in [-0.1, -0.05) is 25.4 Å². The highest BCUT2D eigenvalue weighted by Gasteiger charge is 2.14. The number of rotatable bonds is 4. The van der Waals surface area contributed by atoms with E-state index in [-0.39, 0.29) is 0 Å². The Morgan fingerprint density at radius 1 is 1.35 bits per heavy atom. The minimum Gasteiger partial charge on any atom is -0.371 e. The lowest BCUT2D eigenvalue weighted by Gasteiger charge is -2.29. The highest BCUT2D eigenvalue weighted by Crippen LogP contribution is 2.25. The van der Waals surface area contributed by atoms with Crippen LogP contribution in [0, 0.1) is 17.2 Å². The summed E-state index contributed by atoms with van der Waals surface area (Å²) in [6.07, 6.45) is 1.10. The monoisotopic (exact) mass is 250 g/mol. The van der Waals surface area contributed by atoms with Crippen molar-refractivity contribution in [3.05, 3.63) is 28.8 Å². The molecule has 0 radical (unpaired) electrons. The van der Waals surface area contributed by atoms with Gasteiger partial charge in [0.15, 0.2) is 0 Å². The summed E-state index contributed by atoms with van der Waals surface area (Å²) in [7, 11) is 2.02. The fraction of sp³-hybridized carbons (Fsp3) is 0.500. The van der Waals surface area contributed by atoms with E-state index in [1.165, 1.54) is 0 Å². The van der Waals surface area contributed by atoms with Crippen LogP contribution in [0.3, 0.4) is 0 Å². The van der Waals surface area contributed by atoms with Crippen LogP contribution < -0.4 is 4.90 Å². The van der Waals surface area contributed by atoms with Crippen molar-refractivity contribution < 1.29 is 0 Å². The number of benzene rings is 1. The molecule has 0 fully saturated rings. The minimum absolute atomic E-state index is 0.406. The summed E-state index contributed by atoms with van der Waals surface area (Å²) >= 11 is 5.89. The third-order valence-electron chi connectivity index (χ3n) is 2.93. The second-order valence-electron chi connectivity index (χ2n) is 4.86. The van der Waals surface area contributed by atoms with Gasteiger partial charge in [0.05, 0.1) is 11.3 Å². The van der Waals surface area contributed by atoms with Gasteiger partial charge in [-0.15, -0.1) is 0 Å². The van der Waals surface area contributed by atoms with Crippen molar-refractivity contribution in [2.75, 3.05) is 11.9 Å².